The Morgan fingerprint density at radius 2 is 1.95 bits per heavy atom. The van der Waals surface area contributed by atoms with Gasteiger partial charge in [-0.3, -0.25) is 10.1 Å². The summed E-state index contributed by atoms with van der Waals surface area (Å²) in [7, 11) is 0. The van der Waals surface area contributed by atoms with E-state index in [4.69, 9.17) is 0 Å². The van der Waals surface area contributed by atoms with Crippen LogP contribution in [0, 0.1) is 19.8 Å². The zero-order chi connectivity index (χ0) is 15.0. The summed E-state index contributed by atoms with van der Waals surface area (Å²) in [6, 6.07) is 6.94. The van der Waals surface area contributed by atoms with E-state index >= 15 is 0 Å². The molecule has 2 fully saturated rings. The number of hydrogen-bond acceptors (Lipinski definition) is 2. The summed E-state index contributed by atoms with van der Waals surface area (Å²) in [6.07, 6.45) is 5.01. The fraction of sp³-hybridized carbons (Fsp3) is 0.611. The van der Waals surface area contributed by atoms with Crippen molar-refractivity contribution in [3.8, 4) is 0 Å². The quantitative estimate of drug-likeness (QED) is 0.904. The Hall–Kier alpha value is -1.35. The van der Waals surface area contributed by atoms with Crippen LogP contribution < -0.4 is 5.32 Å². The Kier molecular flexibility index (Phi) is 4.03. The first-order chi connectivity index (χ1) is 10.1. The van der Waals surface area contributed by atoms with E-state index in [9.17, 15) is 4.79 Å². The first-order valence-electron chi connectivity index (χ1n) is 8.19. The van der Waals surface area contributed by atoms with Crippen LogP contribution in [0.15, 0.2) is 18.2 Å². The molecule has 3 atom stereocenters. The molecule has 1 aliphatic carbocycles. The summed E-state index contributed by atoms with van der Waals surface area (Å²) in [5, 5.41) is 3.43. The van der Waals surface area contributed by atoms with Crippen LogP contribution in [0.4, 0.5) is 0 Å². The van der Waals surface area contributed by atoms with Gasteiger partial charge < -0.3 is 4.90 Å². The van der Waals surface area contributed by atoms with Crippen LogP contribution in [-0.4, -0.2) is 23.4 Å². The molecule has 3 unspecified atom stereocenters. The smallest absolute Gasteiger partial charge is 0.238 e. The maximum atomic E-state index is 12.4. The van der Waals surface area contributed by atoms with E-state index in [-0.39, 0.29) is 12.1 Å². The first kappa shape index (κ1) is 14.6. The average molecular weight is 286 g/mol. The van der Waals surface area contributed by atoms with Crippen molar-refractivity contribution >= 4 is 5.91 Å². The van der Waals surface area contributed by atoms with Gasteiger partial charge in [0.05, 0.1) is 6.54 Å². The van der Waals surface area contributed by atoms with Crippen molar-refractivity contribution in [2.24, 2.45) is 5.92 Å². The largest absolute Gasteiger partial charge is 0.319 e. The highest BCUT2D eigenvalue weighted by atomic mass is 16.2. The van der Waals surface area contributed by atoms with Crippen molar-refractivity contribution in [2.45, 2.75) is 58.7 Å². The fourth-order valence-corrected chi connectivity index (χ4v) is 4.00. The van der Waals surface area contributed by atoms with Crippen LogP contribution >= 0.6 is 0 Å². The third kappa shape index (κ3) is 2.71. The third-order valence-electron chi connectivity index (χ3n) is 5.16. The second-order valence-electron chi connectivity index (χ2n) is 6.77. The van der Waals surface area contributed by atoms with Gasteiger partial charge in [0.15, 0.2) is 0 Å². The number of benzene rings is 1. The van der Waals surface area contributed by atoms with E-state index in [1.54, 1.807) is 0 Å². The number of hydrogen-bond donors (Lipinski definition) is 1. The van der Waals surface area contributed by atoms with Crippen LogP contribution in [0.5, 0.6) is 0 Å². The molecular weight excluding hydrogens is 260 g/mol. The Balaban J connectivity index is 1.91. The molecule has 3 rings (SSSR count). The molecule has 1 saturated carbocycles. The molecule has 0 aromatic heterocycles. The van der Waals surface area contributed by atoms with Crippen LogP contribution in [-0.2, 0) is 4.79 Å². The van der Waals surface area contributed by atoms with Crippen LogP contribution in [0.3, 0.4) is 0 Å². The van der Waals surface area contributed by atoms with E-state index < -0.39 is 0 Å². The predicted molar refractivity (Wildman–Crippen MR) is 84.9 cm³/mol. The topological polar surface area (TPSA) is 32.3 Å². The fourth-order valence-electron chi connectivity index (χ4n) is 4.00. The summed E-state index contributed by atoms with van der Waals surface area (Å²) in [4.78, 5) is 14.6. The average Bonchev–Trinajstić information content (AvgIpc) is 2.81. The summed E-state index contributed by atoms with van der Waals surface area (Å²) in [6.45, 7) is 7.04. The van der Waals surface area contributed by atoms with Gasteiger partial charge >= 0.3 is 0 Å². The molecule has 1 aliphatic heterocycles. The Morgan fingerprint density at radius 1 is 1.19 bits per heavy atom. The number of nitrogens with one attached hydrogen (secondary N) is 1. The first-order valence-corrected chi connectivity index (χ1v) is 8.19. The van der Waals surface area contributed by atoms with Gasteiger partial charge in [0.25, 0.3) is 0 Å². The highest BCUT2D eigenvalue weighted by Crippen LogP contribution is 2.35. The van der Waals surface area contributed by atoms with Crippen molar-refractivity contribution in [2.75, 3.05) is 6.54 Å². The maximum absolute atomic E-state index is 12.4. The molecule has 1 aromatic rings. The SMILES string of the molecule is Cc1ccc(C2NCC(=O)N2C2CCCCC2C)c(C)c1. The van der Waals surface area contributed by atoms with E-state index in [2.05, 4.69) is 49.2 Å². The molecule has 3 heteroatoms. The van der Waals surface area contributed by atoms with Gasteiger partial charge in [-0.15, -0.1) is 0 Å². The van der Waals surface area contributed by atoms with Crippen molar-refractivity contribution < 1.29 is 4.79 Å². The normalized spacial score (nSPS) is 30.0. The Bertz CT molecular complexity index is 540. The minimum Gasteiger partial charge on any atom is -0.319 e. The lowest BCUT2D eigenvalue weighted by Gasteiger charge is -2.39. The molecule has 1 aromatic carbocycles. The zero-order valence-electron chi connectivity index (χ0n) is 13.4. The second kappa shape index (κ2) is 5.80. The lowest BCUT2D eigenvalue weighted by Crippen LogP contribution is -2.44. The standard InChI is InChI=1S/C18H26N2O/c1-12-8-9-15(14(3)10-12)18-19-11-17(21)20(18)16-7-5-4-6-13(16)2/h8-10,13,16,18-19H,4-7,11H2,1-3H3. The number of amides is 1. The molecule has 21 heavy (non-hydrogen) atoms. The van der Waals surface area contributed by atoms with Crippen LogP contribution in [0.1, 0.15) is 55.5 Å². The monoisotopic (exact) mass is 286 g/mol. The summed E-state index contributed by atoms with van der Waals surface area (Å²) >= 11 is 0. The highest BCUT2D eigenvalue weighted by molar-refractivity contribution is 5.81. The van der Waals surface area contributed by atoms with Crippen molar-refractivity contribution in [3.05, 3.63) is 34.9 Å². The predicted octanol–water partition coefficient (Wildman–Crippen LogP) is 3.31. The lowest BCUT2D eigenvalue weighted by atomic mass is 9.84. The Labute approximate surface area is 127 Å². The minimum atomic E-state index is 0.0589. The molecule has 0 radical (unpaired) electrons. The van der Waals surface area contributed by atoms with Crippen LogP contribution in [0.25, 0.3) is 0 Å². The summed E-state index contributed by atoms with van der Waals surface area (Å²) < 4.78 is 0. The number of carbonyl (C=O) groups excluding carboxylic acids is 1. The molecule has 2 aliphatic rings. The number of carbonyl (C=O) groups is 1. The molecule has 0 spiro atoms. The minimum absolute atomic E-state index is 0.0589. The summed E-state index contributed by atoms with van der Waals surface area (Å²) in [5.74, 6) is 0.870. The summed E-state index contributed by atoms with van der Waals surface area (Å²) in [5.41, 5.74) is 3.80. The van der Waals surface area contributed by atoms with Crippen LogP contribution in [0.2, 0.25) is 0 Å². The molecule has 3 nitrogen and oxygen atoms in total. The molecule has 1 amide bonds. The molecule has 114 valence electrons. The van der Waals surface area contributed by atoms with Gasteiger partial charge in [-0.25, -0.2) is 0 Å². The van der Waals surface area contributed by atoms with E-state index in [1.165, 1.54) is 36.0 Å². The molecular formula is C18H26N2O. The second-order valence-corrected chi connectivity index (χ2v) is 6.77. The molecule has 1 heterocycles. The molecule has 1 N–H and O–H groups in total. The van der Waals surface area contributed by atoms with Gasteiger partial charge in [-0.2, -0.15) is 0 Å². The third-order valence-corrected chi connectivity index (χ3v) is 5.16. The number of aryl methyl sites for hydroxylation is 2. The van der Waals surface area contributed by atoms with Gasteiger partial charge in [-0.05, 0) is 43.7 Å². The van der Waals surface area contributed by atoms with Crippen molar-refractivity contribution in [3.63, 3.8) is 0 Å². The number of rotatable bonds is 2. The van der Waals surface area contributed by atoms with Crippen molar-refractivity contribution in [1.82, 2.24) is 10.2 Å². The van der Waals surface area contributed by atoms with Gasteiger partial charge in [0.1, 0.15) is 6.17 Å². The molecule has 1 saturated heterocycles. The van der Waals surface area contributed by atoms with Gasteiger partial charge in [0, 0.05) is 6.04 Å². The highest BCUT2D eigenvalue weighted by Gasteiger charge is 2.40. The van der Waals surface area contributed by atoms with Crippen molar-refractivity contribution in [1.29, 1.82) is 0 Å². The van der Waals surface area contributed by atoms with Gasteiger partial charge in [-0.1, -0.05) is 43.5 Å². The maximum Gasteiger partial charge on any atom is 0.238 e. The van der Waals surface area contributed by atoms with E-state index in [1.807, 2.05) is 0 Å². The van der Waals surface area contributed by atoms with E-state index in [0.717, 1.165) is 6.42 Å². The number of nitrogens with zero attached hydrogens (tertiary/aromatic N) is 1. The Morgan fingerprint density at radius 3 is 2.67 bits per heavy atom. The lowest BCUT2D eigenvalue weighted by molar-refractivity contribution is -0.132. The molecule has 0 bridgehead atoms. The van der Waals surface area contributed by atoms with E-state index in [0.29, 0.717) is 18.5 Å². The zero-order valence-corrected chi connectivity index (χ0v) is 13.4. The van der Waals surface area contributed by atoms with Gasteiger partial charge in [0.2, 0.25) is 5.91 Å².